The average molecular weight is 481 g/mol. The molecule has 0 spiro atoms. The summed E-state index contributed by atoms with van der Waals surface area (Å²) >= 11 is 0. The summed E-state index contributed by atoms with van der Waals surface area (Å²) < 4.78 is 20.5. The lowest BCUT2D eigenvalue weighted by atomic mass is 10.2. The van der Waals surface area contributed by atoms with E-state index in [4.69, 9.17) is 4.43 Å². The fraction of sp³-hybridized carbons (Fsp3) is 0.357. The first-order chi connectivity index (χ1) is 15.8. The van der Waals surface area contributed by atoms with Crippen molar-refractivity contribution in [3.05, 3.63) is 90.5 Å². The van der Waals surface area contributed by atoms with Crippen LogP contribution in [-0.4, -0.2) is 36.1 Å². The molecule has 0 aliphatic rings. The molecule has 3 aromatic carbocycles. The topological polar surface area (TPSA) is 46.5 Å². The van der Waals surface area contributed by atoms with Gasteiger partial charge in [-0.15, -0.1) is 0 Å². The highest BCUT2D eigenvalue weighted by Crippen LogP contribution is 2.38. The Labute approximate surface area is 202 Å². The van der Waals surface area contributed by atoms with Crippen molar-refractivity contribution < 1.29 is 13.7 Å². The van der Waals surface area contributed by atoms with Crippen LogP contribution in [0.25, 0.3) is 0 Å². The number of aliphatic hydroxyl groups excluding tert-OH is 1. The summed E-state index contributed by atoms with van der Waals surface area (Å²) in [4.78, 5) is 0.820. The number of rotatable bonds is 10. The molecule has 1 N–H and O–H groups in total. The van der Waals surface area contributed by atoms with Gasteiger partial charge in [-0.2, -0.15) is 0 Å². The smallest absolute Gasteiger partial charge is 0.261 e. The van der Waals surface area contributed by atoms with Gasteiger partial charge in [0.15, 0.2) is 0 Å². The van der Waals surface area contributed by atoms with Gasteiger partial charge in [0.05, 0.1) is 22.7 Å². The van der Waals surface area contributed by atoms with Crippen molar-refractivity contribution in [3.8, 4) is 0 Å². The third-order valence-electron chi connectivity index (χ3n) is 6.07. The fourth-order valence-electron chi connectivity index (χ4n) is 4.39. The largest absolute Gasteiger partial charge is 0.404 e. The van der Waals surface area contributed by atoms with E-state index in [9.17, 15) is 9.32 Å². The minimum absolute atomic E-state index is 0.0950. The van der Waals surface area contributed by atoms with Crippen molar-refractivity contribution in [2.24, 2.45) is 0 Å². The Hall–Kier alpha value is -2.05. The van der Waals surface area contributed by atoms with E-state index in [1.807, 2.05) is 43.3 Å². The average Bonchev–Trinajstić information content (AvgIpc) is 2.81. The second-order valence-electron chi connectivity index (χ2n) is 9.59. The van der Waals surface area contributed by atoms with Crippen LogP contribution in [0, 0.1) is 6.92 Å². The molecule has 0 amide bonds. The molecule has 0 heterocycles. The van der Waals surface area contributed by atoms with Crippen molar-refractivity contribution >= 4 is 29.5 Å². The summed E-state index contributed by atoms with van der Waals surface area (Å²) in [5, 5.41) is 11.8. The predicted octanol–water partition coefficient (Wildman–Crippen LogP) is 4.82. The van der Waals surface area contributed by atoms with Crippen LogP contribution in [0.5, 0.6) is 0 Å². The molecule has 176 valence electrons. The van der Waals surface area contributed by atoms with Gasteiger partial charge in [-0.1, -0.05) is 99.1 Å². The van der Waals surface area contributed by atoms with E-state index in [1.165, 1.54) is 10.4 Å². The molecule has 0 saturated carbocycles. The molecule has 3 nitrogen and oxygen atoms in total. The summed E-state index contributed by atoms with van der Waals surface area (Å²) in [6.45, 7) is 8.87. The minimum atomic E-state index is -2.76. The molecule has 0 aliphatic carbocycles. The van der Waals surface area contributed by atoms with Crippen LogP contribution >= 0.6 is 0 Å². The van der Waals surface area contributed by atoms with Crippen LogP contribution < -0.4 is 10.4 Å². The highest BCUT2D eigenvalue weighted by molar-refractivity contribution is 7.85. The Morgan fingerprint density at radius 1 is 0.879 bits per heavy atom. The van der Waals surface area contributed by atoms with Crippen molar-refractivity contribution in [1.82, 2.24) is 0 Å². The molecule has 0 radical (unpaired) electrons. The number of benzene rings is 3. The summed E-state index contributed by atoms with van der Waals surface area (Å²) in [5.74, 6) is 0.410. The third-order valence-corrected chi connectivity index (χ3v) is 12.6. The molecule has 0 bridgehead atoms. The second-order valence-corrected chi connectivity index (χ2v) is 15.3. The normalized spacial score (nSPS) is 14.1. The first-order valence-corrected chi connectivity index (χ1v) is 14.9. The molecule has 3 rings (SSSR count). The molecular weight excluding hydrogens is 444 g/mol. The van der Waals surface area contributed by atoms with E-state index in [0.717, 1.165) is 10.5 Å². The molecule has 3 aromatic rings. The van der Waals surface area contributed by atoms with Crippen molar-refractivity contribution in [3.63, 3.8) is 0 Å². The van der Waals surface area contributed by atoms with Crippen molar-refractivity contribution in [2.75, 3.05) is 12.4 Å². The Kier molecular flexibility index (Phi) is 8.82. The van der Waals surface area contributed by atoms with E-state index < -0.39 is 19.1 Å². The molecular formula is C28H36O3SSi. The van der Waals surface area contributed by atoms with Gasteiger partial charge in [0, 0.05) is 11.5 Å². The van der Waals surface area contributed by atoms with E-state index in [2.05, 4.69) is 69.3 Å². The highest BCUT2D eigenvalue weighted by Gasteiger charge is 2.51. The molecule has 1 unspecified atom stereocenters. The monoisotopic (exact) mass is 480 g/mol. The van der Waals surface area contributed by atoms with Gasteiger partial charge in [0.2, 0.25) is 0 Å². The molecule has 0 aromatic heterocycles. The first-order valence-electron chi connectivity index (χ1n) is 11.6. The maximum Gasteiger partial charge on any atom is 0.261 e. The number of hydrogen-bond donors (Lipinski definition) is 1. The van der Waals surface area contributed by atoms with Gasteiger partial charge in [-0.25, -0.2) is 0 Å². The quantitative estimate of drug-likeness (QED) is 0.423. The van der Waals surface area contributed by atoms with Gasteiger partial charge in [0.1, 0.15) is 0 Å². The molecule has 0 aliphatic heterocycles. The highest BCUT2D eigenvalue weighted by atomic mass is 32.2. The lowest BCUT2D eigenvalue weighted by molar-refractivity contribution is 0.180. The summed E-state index contributed by atoms with van der Waals surface area (Å²) in [6, 6.07) is 28.9. The molecule has 2 atom stereocenters. The Balaban J connectivity index is 2.05. The first kappa shape index (κ1) is 25.6. The molecule has 0 saturated heterocycles. The van der Waals surface area contributed by atoms with Gasteiger partial charge in [-0.3, -0.25) is 4.21 Å². The van der Waals surface area contributed by atoms with Gasteiger partial charge < -0.3 is 9.53 Å². The van der Waals surface area contributed by atoms with Crippen molar-refractivity contribution in [1.29, 1.82) is 0 Å². The minimum Gasteiger partial charge on any atom is -0.404 e. The fourth-order valence-corrected chi connectivity index (χ4v) is 10.4. The third kappa shape index (κ3) is 6.10. The van der Waals surface area contributed by atoms with E-state index >= 15 is 0 Å². The van der Waals surface area contributed by atoms with Crippen LogP contribution in [0.4, 0.5) is 0 Å². The Morgan fingerprint density at radius 3 is 1.85 bits per heavy atom. The van der Waals surface area contributed by atoms with Gasteiger partial charge in [0.25, 0.3) is 8.32 Å². The zero-order valence-electron chi connectivity index (χ0n) is 20.2. The number of aryl methyl sites for hydroxylation is 1. The molecule has 5 heteroatoms. The zero-order valence-corrected chi connectivity index (χ0v) is 22.0. The van der Waals surface area contributed by atoms with Crippen LogP contribution in [0.15, 0.2) is 89.8 Å². The molecule has 33 heavy (non-hydrogen) atoms. The van der Waals surface area contributed by atoms with Crippen LogP contribution in [0.3, 0.4) is 0 Å². The number of hydrogen-bond acceptors (Lipinski definition) is 3. The Morgan fingerprint density at radius 2 is 1.39 bits per heavy atom. The van der Waals surface area contributed by atoms with E-state index in [1.54, 1.807) is 0 Å². The maximum absolute atomic E-state index is 13.3. The summed E-state index contributed by atoms with van der Waals surface area (Å²) in [5.41, 5.74) is 1.15. The van der Waals surface area contributed by atoms with Gasteiger partial charge >= 0.3 is 0 Å². The summed E-state index contributed by atoms with van der Waals surface area (Å²) in [7, 11) is -3.94. The van der Waals surface area contributed by atoms with Crippen LogP contribution in [0.1, 0.15) is 39.2 Å². The van der Waals surface area contributed by atoms with Crippen LogP contribution in [0.2, 0.25) is 5.04 Å². The SMILES string of the molecule is Cc1ccc(S(=O)C[C@H](CCCO)O[Si](c2ccccc2)(c2ccccc2)C(C)(C)C)cc1. The standard InChI is InChI=1S/C28H36O3SSi/c1-23-17-19-25(20-18-23)32(30)22-24(12-11-21-29)31-33(28(2,3)4,26-13-7-5-8-14-26)27-15-9-6-10-16-27/h5-10,13-20,24,29H,11-12,21-22H2,1-4H3/t24-,32?/m0/s1. The zero-order chi connectivity index (χ0) is 23.9. The molecule has 0 fully saturated rings. The predicted molar refractivity (Wildman–Crippen MR) is 141 cm³/mol. The maximum atomic E-state index is 13.3. The van der Waals surface area contributed by atoms with E-state index in [0.29, 0.717) is 18.6 Å². The Bertz CT molecular complexity index is 975. The van der Waals surface area contributed by atoms with Crippen molar-refractivity contribution in [2.45, 2.75) is 56.6 Å². The lowest BCUT2D eigenvalue weighted by Crippen LogP contribution is -2.68. The number of aliphatic hydroxyl groups is 1. The van der Waals surface area contributed by atoms with E-state index in [-0.39, 0.29) is 17.7 Å². The van der Waals surface area contributed by atoms with Crippen LogP contribution in [-0.2, 0) is 15.2 Å². The van der Waals surface area contributed by atoms with Gasteiger partial charge in [-0.05, 0) is 47.3 Å². The lowest BCUT2D eigenvalue weighted by Gasteiger charge is -2.45. The summed E-state index contributed by atoms with van der Waals surface area (Å²) in [6.07, 6.45) is 1.05. The second kappa shape index (κ2) is 11.4.